The first-order chi connectivity index (χ1) is 11.2. The molecule has 0 unspecified atom stereocenters. The molecule has 0 saturated heterocycles. The monoisotopic (exact) mass is 309 g/mol. The van der Waals surface area contributed by atoms with E-state index < -0.39 is 6.09 Å². The predicted molar refractivity (Wildman–Crippen MR) is 83.4 cm³/mol. The van der Waals surface area contributed by atoms with Gasteiger partial charge < -0.3 is 9.52 Å². The highest BCUT2D eigenvalue weighted by atomic mass is 16.4. The highest BCUT2D eigenvalue weighted by molar-refractivity contribution is 5.65. The Bertz CT molecular complexity index is 772. The summed E-state index contributed by atoms with van der Waals surface area (Å²) in [5, 5.41) is 9.37. The quantitative estimate of drug-likeness (QED) is 0.781. The number of carbonyl (C=O) groups is 1. The molecule has 6 heteroatoms. The first kappa shape index (κ1) is 14.8. The maximum Gasteiger partial charge on any atom is 0.408 e. The lowest BCUT2D eigenvalue weighted by molar-refractivity contribution is 0.134. The third kappa shape index (κ3) is 3.74. The molecule has 23 heavy (non-hydrogen) atoms. The fourth-order valence-corrected chi connectivity index (χ4v) is 2.20. The summed E-state index contributed by atoms with van der Waals surface area (Å²) in [5.74, 6) is 0.357. The molecule has 0 bridgehead atoms. The number of benzene rings is 1. The van der Waals surface area contributed by atoms with Gasteiger partial charge in [-0.15, -0.1) is 0 Å². The molecule has 3 aromatic rings. The third-order valence-corrected chi connectivity index (χ3v) is 3.34. The largest absolute Gasteiger partial charge is 0.465 e. The summed E-state index contributed by atoms with van der Waals surface area (Å²) in [5.41, 5.74) is 2.45. The van der Waals surface area contributed by atoms with E-state index in [1.807, 2.05) is 42.5 Å². The van der Waals surface area contributed by atoms with E-state index in [4.69, 9.17) is 4.42 Å². The predicted octanol–water partition coefficient (Wildman–Crippen LogP) is 3.42. The molecular weight excluding hydrogens is 294 g/mol. The second-order valence-corrected chi connectivity index (χ2v) is 4.99. The van der Waals surface area contributed by atoms with Crippen molar-refractivity contribution in [3.8, 4) is 11.3 Å². The standard InChI is InChI=1S/C17H15N3O3/c21-17(22)20(10-13-4-2-1-3-5-13)11-16-19-15(12-23-16)14-6-8-18-9-7-14/h1-9,12H,10-11H2,(H,21,22). The van der Waals surface area contributed by atoms with Crippen molar-refractivity contribution in [3.63, 3.8) is 0 Å². The Kier molecular flexibility index (Phi) is 4.33. The van der Waals surface area contributed by atoms with E-state index in [2.05, 4.69) is 9.97 Å². The van der Waals surface area contributed by atoms with Crippen molar-refractivity contribution in [1.29, 1.82) is 0 Å². The van der Waals surface area contributed by atoms with Gasteiger partial charge in [0.15, 0.2) is 0 Å². The normalized spacial score (nSPS) is 10.4. The van der Waals surface area contributed by atoms with Crippen molar-refractivity contribution >= 4 is 6.09 Å². The van der Waals surface area contributed by atoms with E-state index in [0.717, 1.165) is 11.1 Å². The second kappa shape index (κ2) is 6.74. The minimum atomic E-state index is -1.02. The molecule has 1 N–H and O–H groups in total. The molecule has 2 aromatic heterocycles. The van der Waals surface area contributed by atoms with Crippen molar-refractivity contribution < 1.29 is 14.3 Å². The molecule has 0 atom stereocenters. The van der Waals surface area contributed by atoms with Gasteiger partial charge >= 0.3 is 6.09 Å². The van der Waals surface area contributed by atoms with Gasteiger partial charge in [0.05, 0.1) is 0 Å². The van der Waals surface area contributed by atoms with Crippen LogP contribution >= 0.6 is 0 Å². The van der Waals surface area contributed by atoms with Crippen molar-refractivity contribution in [2.75, 3.05) is 0 Å². The lowest BCUT2D eigenvalue weighted by Crippen LogP contribution is -2.28. The molecule has 6 nitrogen and oxygen atoms in total. The summed E-state index contributed by atoms with van der Waals surface area (Å²) in [6, 6.07) is 13.1. The Labute approximate surface area is 133 Å². The van der Waals surface area contributed by atoms with Gasteiger partial charge in [0.25, 0.3) is 0 Å². The highest BCUT2D eigenvalue weighted by Gasteiger charge is 2.16. The van der Waals surface area contributed by atoms with Gasteiger partial charge in [-0.3, -0.25) is 9.88 Å². The smallest absolute Gasteiger partial charge is 0.408 e. The second-order valence-electron chi connectivity index (χ2n) is 4.99. The van der Waals surface area contributed by atoms with Gasteiger partial charge in [0, 0.05) is 24.5 Å². The van der Waals surface area contributed by atoms with Crippen LogP contribution in [0, 0.1) is 0 Å². The van der Waals surface area contributed by atoms with Crippen LogP contribution in [0.3, 0.4) is 0 Å². The molecular formula is C17H15N3O3. The van der Waals surface area contributed by atoms with Crippen molar-refractivity contribution in [2.24, 2.45) is 0 Å². The van der Waals surface area contributed by atoms with Crippen LogP contribution in [0.25, 0.3) is 11.3 Å². The minimum Gasteiger partial charge on any atom is -0.465 e. The number of carboxylic acid groups (broad SMARTS) is 1. The zero-order chi connectivity index (χ0) is 16.1. The molecule has 0 aliphatic heterocycles. The first-order valence-electron chi connectivity index (χ1n) is 7.09. The van der Waals surface area contributed by atoms with Crippen LogP contribution in [0.2, 0.25) is 0 Å². The molecule has 1 aromatic carbocycles. The number of nitrogens with zero attached hydrogens (tertiary/aromatic N) is 3. The van der Waals surface area contributed by atoms with Crippen LogP contribution in [0.1, 0.15) is 11.5 Å². The Morgan fingerprint density at radius 2 is 1.83 bits per heavy atom. The van der Waals surface area contributed by atoms with Crippen LogP contribution in [0.15, 0.2) is 65.5 Å². The van der Waals surface area contributed by atoms with Gasteiger partial charge in [0.2, 0.25) is 5.89 Å². The van der Waals surface area contributed by atoms with Crippen molar-refractivity contribution in [3.05, 3.63) is 72.6 Å². The Balaban J connectivity index is 1.74. The summed E-state index contributed by atoms with van der Waals surface area (Å²) >= 11 is 0. The maximum absolute atomic E-state index is 11.4. The molecule has 0 fully saturated rings. The fourth-order valence-electron chi connectivity index (χ4n) is 2.20. The minimum absolute atomic E-state index is 0.0926. The maximum atomic E-state index is 11.4. The lowest BCUT2D eigenvalue weighted by Gasteiger charge is -2.17. The first-order valence-corrected chi connectivity index (χ1v) is 7.09. The van der Waals surface area contributed by atoms with Crippen LogP contribution in [-0.4, -0.2) is 26.1 Å². The average Bonchev–Trinajstić information content (AvgIpc) is 3.04. The molecule has 2 heterocycles. The van der Waals surface area contributed by atoms with Crippen molar-refractivity contribution in [2.45, 2.75) is 13.1 Å². The van der Waals surface area contributed by atoms with E-state index in [0.29, 0.717) is 11.6 Å². The number of rotatable bonds is 5. The van der Waals surface area contributed by atoms with Gasteiger partial charge in [0.1, 0.15) is 18.5 Å². The molecule has 0 spiro atoms. The molecule has 116 valence electrons. The summed E-state index contributed by atoms with van der Waals surface area (Å²) in [4.78, 5) is 21.0. The number of pyridine rings is 1. The SMILES string of the molecule is O=C(O)N(Cc1ccccc1)Cc1nc(-c2ccncc2)co1. The summed E-state index contributed by atoms with van der Waals surface area (Å²) in [6.07, 6.45) is 3.84. The summed E-state index contributed by atoms with van der Waals surface area (Å²) in [6.45, 7) is 0.373. The van der Waals surface area contributed by atoms with E-state index in [9.17, 15) is 9.90 Å². The lowest BCUT2D eigenvalue weighted by atomic mass is 10.2. The number of amides is 1. The zero-order valence-corrected chi connectivity index (χ0v) is 12.3. The summed E-state index contributed by atoms with van der Waals surface area (Å²) in [7, 11) is 0. The highest BCUT2D eigenvalue weighted by Crippen LogP contribution is 2.18. The van der Waals surface area contributed by atoms with Gasteiger partial charge in [-0.1, -0.05) is 30.3 Å². The van der Waals surface area contributed by atoms with E-state index in [1.165, 1.54) is 11.2 Å². The average molecular weight is 309 g/mol. The fraction of sp³-hybridized carbons (Fsp3) is 0.118. The van der Waals surface area contributed by atoms with Crippen molar-refractivity contribution in [1.82, 2.24) is 14.9 Å². The number of aromatic nitrogens is 2. The number of hydrogen-bond donors (Lipinski definition) is 1. The van der Waals surface area contributed by atoms with Crippen LogP contribution in [0.4, 0.5) is 4.79 Å². The van der Waals surface area contributed by atoms with Gasteiger partial charge in [-0.05, 0) is 17.7 Å². The van der Waals surface area contributed by atoms with Crippen LogP contribution < -0.4 is 0 Å². The molecule has 3 rings (SSSR count). The zero-order valence-electron chi connectivity index (χ0n) is 12.3. The van der Waals surface area contributed by atoms with E-state index >= 15 is 0 Å². The molecule has 0 aliphatic carbocycles. The molecule has 0 aliphatic rings. The molecule has 1 amide bonds. The summed E-state index contributed by atoms with van der Waals surface area (Å²) < 4.78 is 5.40. The van der Waals surface area contributed by atoms with Gasteiger partial charge in [-0.2, -0.15) is 0 Å². The Morgan fingerprint density at radius 3 is 2.52 bits per heavy atom. The van der Waals surface area contributed by atoms with E-state index in [-0.39, 0.29) is 13.1 Å². The molecule has 0 radical (unpaired) electrons. The van der Waals surface area contributed by atoms with Crippen LogP contribution in [0.5, 0.6) is 0 Å². The Hall–Kier alpha value is -3.15. The van der Waals surface area contributed by atoms with Gasteiger partial charge in [-0.25, -0.2) is 9.78 Å². The number of oxazole rings is 1. The Morgan fingerprint density at radius 1 is 1.09 bits per heavy atom. The third-order valence-electron chi connectivity index (χ3n) is 3.34. The number of hydrogen-bond acceptors (Lipinski definition) is 4. The topological polar surface area (TPSA) is 79.5 Å². The van der Waals surface area contributed by atoms with E-state index in [1.54, 1.807) is 12.4 Å². The van der Waals surface area contributed by atoms with Crippen LogP contribution in [-0.2, 0) is 13.1 Å². The molecule has 0 saturated carbocycles.